The second kappa shape index (κ2) is 9.11. The van der Waals surface area contributed by atoms with Gasteiger partial charge in [0.05, 0.1) is 5.92 Å². The molecule has 0 aliphatic carbocycles. The largest absolute Gasteiger partial charge is 0.148 e. The van der Waals surface area contributed by atoms with Gasteiger partial charge in [0.25, 0.3) is 0 Å². The van der Waals surface area contributed by atoms with Gasteiger partial charge in [-0.15, -0.1) is 0 Å². The second-order valence-corrected chi connectivity index (χ2v) is 40.9. The van der Waals surface area contributed by atoms with Crippen molar-refractivity contribution >= 4 is 248 Å². The predicted octanol–water partition coefficient (Wildman–Crippen LogP) is 9.00. The van der Waals surface area contributed by atoms with Crippen LogP contribution in [0.25, 0.3) is 0 Å². The van der Waals surface area contributed by atoms with Crippen LogP contribution in [0.15, 0.2) is 0 Å². The van der Waals surface area contributed by atoms with E-state index in [-0.39, 0.29) is -0.266 Å². The molecule has 0 rings (SSSR count). The molecule has 0 unspecified atom stereocenters. The molecular weight excluding hydrogens is 1460 g/mol. The van der Waals surface area contributed by atoms with Crippen molar-refractivity contribution in [2.45, 2.75) is -0.266 Å². The number of hydrogen-bond donors (Lipinski definition) is 0. The van der Waals surface area contributed by atoms with Crippen LogP contribution in [0, 0.1) is 5.92 Å². The summed E-state index contributed by atoms with van der Waals surface area (Å²) >= 11 is 28.0. The zero-order valence-electron chi connectivity index (χ0n) is 6.66. The maximum Gasteiger partial charge on any atom is 0.148 e. The van der Waals surface area contributed by atoms with Gasteiger partial charge in [-0.05, 0) is 0 Å². The van der Waals surface area contributed by atoms with E-state index in [0.29, 0.717) is 0 Å². The molecule has 0 bridgehead atoms. The van der Waals surface area contributed by atoms with Crippen LogP contribution in [0.1, 0.15) is 0 Å². The summed E-state index contributed by atoms with van der Waals surface area (Å²) in [7, 11) is 0. The predicted molar refractivity (Wildman–Crippen MR) is 168 cm³/mol. The van der Waals surface area contributed by atoms with E-state index in [4.69, 9.17) is 0 Å². The zero-order chi connectivity index (χ0) is 13.6. The molecule has 0 amide bonds. The summed E-state index contributed by atoms with van der Waals surface area (Å²) < 4.78 is 0.478. The molecule has 0 aliphatic rings. The van der Waals surface area contributed by atoms with Crippen LogP contribution < -0.4 is 0 Å². The first-order chi connectivity index (χ1) is 6.62. The molecular formula is C5I11. The summed E-state index contributed by atoms with van der Waals surface area (Å²) in [5.41, 5.74) is 0. The highest BCUT2D eigenvalue weighted by molar-refractivity contribution is 14.3. The van der Waals surface area contributed by atoms with Crippen LogP contribution in [-0.2, 0) is 0 Å². The fraction of sp³-hybridized carbons (Fsp3) is 0.800. The van der Waals surface area contributed by atoms with Crippen molar-refractivity contribution in [2.24, 2.45) is 0 Å². The van der Waals surface area contributed by atoms with Crippen LogP contribution in [0.4, 0.5) is 0 Å². The maximum absolute atomic E-state index is 2.59. The Morgan fingerprint density at radius 3 is 0.812 bits per heavy atom. The second-order valence-electron chi connectivity index (χ2n) is 2.44. The average molecular weight is 1460 g/mol. The molecule has 1 radical (unpaired) electrons. The number of halogens is 11. The van der Waals surface area contributed by atoms with Gasteiger partial charge in [0.1, 0.15) is -0.266 Å². The van der Waals surface area contributed by atoms with Crippen molar-refractivity contribution in [3.05, 3.63) is 5.92 Å². The van der Waals surface area contributed by atoms with Crippen LogP contribution in [0.3, 0.4) is 0 Å². The Bertz CT molecular complexity index is 225. The van der Waals surface area contributed by atoms with Crippen LogP contribution in [0.2, 0.25) is 0 Å². The van der Waals surface area contributed by atoms with Gasteiger partial charge in [0, 0.05) is 0 Å². The molecule has 0 saturated carbocycles. The molecule has 0 aromatic heterocycles. The summed E-state index contributed by atoms with van der Waals surface area (Å²) in [6.07, 6.45) is 0. The molecule has 97 valence electrons. The van der Waals surface area contributed by atoms with Crippen LogP contribution >= 0.6 is 248 Å². The summed E-state index contributed by atoms with van der Waals surface area (Å²) in [5, 5.41) is 0. The molecule has 0 heterocycles. The zero-order valence-corrected chi connectivity index (χ0v) is 30.4. The van der Waals surface area contributed by atoms with Crippen molar-refractivity contribution in [1.29, 1.82) is 0 Å². The van der Waals surface area contributed by atoms with Crippen molar-refractivity contribution in [3.8, 4) is 0 Å². The molecule has 0 spiro atoms. The minimum Gasteiger partial charge on any atom is -0.0631 e. The Hall–Kier alpha value is 8.03. The minimum atomic E-state index is 0.0946. The SMILES string of the molecule is IC(I)(I)[C](C(I)(I)I)C(I)(I)C(I)(I)I. The Kier molecular flexibility index (Phi) is 13.7. The van der Waals surface area contributed by atoms with Gasteiger partial charge >= 0.3 is 0 Å². The van der Waals surface area contributed by atoms with E-state index in [0.717, 1.165) is 0 Å². The summed E-state index contributed by atoms with van der Waals surface area (Å²) in [6.45, 7) is 0. The molecule has 11 heteroatoms. The fourth-order valence-electron chi connectivity index (χ4n) is 0.658. The number of alkyl halides is 11. The van der Waals surface area contributed by atoms with Gasteiger partial charge in [-0.3, -0.25) is 0 Å². The minimum absolute atomic E-state index is 0.0946. The Morgan fingerprint density at radius 1 is 0.500 bits per heavy atom. The molecule has 0 fully saturated rings. The lowest BCUT2D eigenvalue weighted by molar-refractivity contribution is 0.947. The molecule has 0 nitrogen and oxygen atoms in total. The topological polar surface area (TPSA) is 0 Å². The number of hydrogen-bond acceptors (Lipinski definition) is 0. The third-order valence-corrected chi connectivity index (χ3v) is 15.8. The molecule has 0 aromatic carbocycles. The molecule has 0 aliphatic heterocycles. The normalized spacial score (nSPS) is 15.8. The first-order valence-electron chi connectivity index (χ1n) is 3.08. The molecule has 0 aromatic rings. The fourth-order valence-corrected chi connectivity index (χ4v) is 18.8. The highest BCUT2D eigenvalue weighted by Crippen LogP contribution is 2.71. The molecule has 16 heavy (non-hydrogen) atoms. The average Bonchev–Trinajstić information content (AvgIpc) is 1.72. The number of rotatable bonds is 4. The lowest BCUT2D eigenvalue weighted by Crippen LogP contribution is -2.46. The van der Waals surface area contributed by atoms with Crippen molar-refractivity contribution < 1.29 is 0 Å². The van der Waals surface area contributed by atoms with E-state index >= 15 is 0 Å². The molecule has 0 atom stereocenters. The van der Waals surface area contributed by atoms with Crippen LogP contribution in [-0.4, -0.2) is -0.266 Å². The smallest absolute Gasteiger partial charge is 0.0631 e. The van der Waals surface area contributed by atoms with Gasteiger partial charge in [-0.1, -0.05) is 248 Å². The Morgan fingerprint density at radius 2 is 0.750 bits per heavy atom. The highest BCUT2D eigenvalue weighted by atomic mass is 127. The Labute approximate surface area is 246 Å². The van der Waals surface area contributed by atoms with E-state index in [1.165, 1.54) is 5.92 Å². The van der Waals surface area contributed by atoms with Crippen molar-refractivity contribution in [1.82, 2.24) is 0 Å². The van der Waals surface area contributed by atoms with Gasteiger partial charge in [-0.25, -0.2) is 0 Å². The first-order valence-corrected chi connectivity index (χ1v) is 14.9. The third-order valence-electron chi connectivity index (χ3n) is 1.24. The van der Waals surface area contributed by atoms with Gasteiger partial charge in [-0.2, -0.15) is 0 Å². The highest BCUT2D eigenvalue weighted by Gasteiger charge is 2.61. The lowest BCUT2D eigenvalue weighted by Gasteiger charge is -2.45. The maximum atomic E-state index is 2.59. The van der Waals surface area contributed by atoms with E-state index in [2.05, 4.69) is 248 Å². The van der Waals surface area contributed by atoms with Gasteiger partial charge in [0.2, 0.25) is 0 Å². The molecule has 0 saturated heterocycles. The van der Waals surface area contributed by atoms with Gasteiger partial charge < -0.3 is 0 Å². The van der Waals surface area contributed by atoms with Crippen molar-refractivity contribution in [2.75, 3.05) is 0 Å². The first kappa shape index (κ1) is 24.0. The van der Waals surface area contributed by atoms with E-state index in [9.17, 15) is 0 Å². The molecule has 0 N–H and O–H groups in total. The quantitative estimate of drug-likeness (QED) is 0.195. The van der Waals surface area contributed by atoms with E-state index in [1.807, 2.05) is 0 Å². The van der Waals surface area contributed by atoms with Crippen LogP contribution in [0.5, 0.6) is 0 Å². The standard InChI is InChI=1S/C5I11/c6-2(7,5(14,15)16)1(3(8,9)10)4(11,12)13. The monoisotopic (exact) mass is 1460 g/mol. The third kappa shape index (κ3) is 7.94. The van der Waals surface area contributed by atoms with Crippen molar-refractivity contribution in [3.63, 3.8) is 0 Å². The lowest BCUT2D eigenvalue weighted by atomic mass is 10.2. The van der Waals surface area contributed by atoms with E-state index in [1.54, 1.807) is 0 Å². The summed E-state index contributed by atoms with van der Waals surface area (Å²) in [5.74, 6) is 1.54. The van der Waals surface area contributed by atoms with E-state index < -0.39 is 0 Å². The van der Waals surface area contributed by atoms with Gasteiger partial charge in [0.15, 0.2) is 0 Å². The summed E-state index contributed by atoms with van der Waals surface area (Å²) in [4.78, 5) is 0. The summed E-state index contributed by atoms with van der Waals surface area (Å²) in [6, 6.07) is 0. The Balaban J connectivity index is 5.57.